The van der Waals surface area contributed by atoms with Gasteiger partial charge < -0.3 is 10.1 Å². The van der Waals surface area contributed by atoms with Crippen molar-refractivity contribution in [3.63, 3.8) is 0 Å². The number of para-hydroxylation sites is 1. The summed E-state index contributed by atoms with van der Waals surface area (Å²) < 4.78 is 32.2. The number of rotatable bonds is 7. The van der Waals surface area contributed by atoms with E-state index in [1.165, 1.54) is 4.31 Å². The molecule has 7 heteroatoms. The molecular formula is C21H26N2O4S. The van der Waals surface area contributed by atoms with Gasteiger partial charge in [-0.3, -0.25) is 9.10 Å². The average molecular weight is 403 g/mol. The number of hydrogen-bond donors (Lipinski definition) is 1. The van der Waals surface area contributed by atoms with Gasteiger partial charge in [-0.05, 0) is 55.5 Å². The predicted molar refractivity (Wildman–Crippen MR) is 111 cm³/mol. The van der Waals surface area contributed by atoms with Crippen LogP contribution in [0.2, 0.25) is 0 Å². The minimum Gasteiger partial charge on any atom is -0.483 e. The molecule has 0 radical (unpaired) electrons. The number of anilines is 2. The Kier molecular flexibility index (Phi) is 6.24. The Labute approximate surface area is 166 Å². The number of hydrogen-bond acceptors (Lipinski definition) is 4. The second kappa shape index (κ2) is 8.65. The number of ether oxygens (including phenoxy) is 1. The number of sulfonamides is 1. The fourth-order valence-corrected chi connectivity index (χ4v) is 4.95. The lowest BCUT2D eigenvalue weighted by molar-refractivity contribution is -0.118. The molecule has 1 aliphatic rings. The smallest absolute Gasteiger partial charge is 0.262 e. The highest BCUT2D eigenvalue weighted by atomic mass is 32.2. The van der Waals surface area contributed by atoms with Crippen molar-refractivity contribution in [3.05, 3.63) is 53.6 Å². The summed E-state index contributed by atoms with van der Waals surface area (Å²) in [6, 6.07) is 12.9. The number of amides is 1. The van der Waals surface area contributed by atoms with Crippen LogP contribution >= 0.6 is 0 Å². The Morgan fingerprint density at radius 3 is 2.75 bits per heavy atom. The summed E-state index contributed by atoms with van der Waals surface area (Å²) >= 11 is 0. The van der Waals surface area contributed by atoms with E-state index in [2.05, 4.69) is 5.32 Å². The van der Waals surface area contributed by atoms with Crippen molar-refractivity contribution in [1.29, 1.82) is 0 Å². The number of fused-ring (bicyclic) bond motifs is 1. The molecule has 0 saturated heterocycles. The van der Waals surface area contributed by atoms with Crippen molar-refractivity contribution >= 4 is 27.3 Å². The topological polar surface area (TPSA) is 75.7 Å². The lowest BCUT2D eigenvalue weighted by atomic mass is 10.0. The fraction of sp³-hybridized carbons (Fsp3) is 0.381. The van der Waals surface area contributed by atoms with E-state index in [0.29, 0.717) is 30.1 Å². The summed E-state index contributed by atoms with van der Waals surface area (Å²) in [5.41, 5.74) is 3.17. The molecule has 1 aliphatic heterocycles. The molecule has 0 saturated carbocycles. The highest BCUT2D eigenvalue weighted by Crippen LogP contribution is 2.32. The quantitative estimate of drug-likeness (QED) is 0.769. The van der Waals surface area contributed by atoms with Crippen molar-refractivity contribution in [2.45, 2.75) is 33.1 Å². The maximum Gasteiger partial charge on any atom is 0.262 e. The van der Waals surface area contributed by atoms with Gasteiger partial charge in [0.15, 0.2) is 6.61 Å². The van der Waals surface area contributed by atoms with E-state index < -0.39 is 10.0 Å². The van der Waals surface area contributed by atoms with Gasteiger partial charge in [0.05, 0.1) is 11.4 Å². The van der Waals surface area contributed by atoms with Crippen LogP contribution in [-0.2, 0) is 21.2 Å². The van der Waals surface area contributed by atoms with Crippen LogP contribution < -0.4 is 14.4 Å². The third-order valence-corrected chi connectivity index (χ3v) is 6.67. The molecule has 28 heavy (non-hydrogen) atoms. The minimum absolute atomic E-state index is 0.111. The monoisotopic (exact) mass is 402 g/mol. The zero-order valence-corrected chi connectivity index (χ0v) is 17.1. The van der Waals surface area contributed by atoms with Gasteiger partial charge in [-0.2, -0.15) is 0 Å². The molecule has 0 spiro atoms. The summed E-state index contributed by atoms with van der Waals surface area (Å²) in [5.74, 6) is 0.495. The summed E-state index contributed by atoms with van der Waals surface area (Å²) in [4.78, 5) is 12.3. The number of benzene rings is 2. The van der Waals surface area contributed by atoms with Crippen LogP contribution in [0.3, 0.4) is 0 Å². The maximum absolute atomic E-state index is 12.6. The second-order valence-electron chi connectivity index (χ2n) is 6.94. The van der Waals surface area contributed by atoms with E-state index in [1.54, 1.807) is 12.1 Å². The molecule has 0 unspecified atom stereocenters. The zero-order valence-electron chi connectivity index (χ0n) is 16.3. The first kappa shape index (κ1) is 20.2. The van der Waals surface area contributed by atoms with Gasteiger partial charge in [0.1, 0.15) is 5.75 Å². The number of carbonyl (C=O) groups excluding carboxylic acids is 1. The fourth-order valence-electron chi connectivity index (χ4n) is 3.33. The molecule has 0 bridgehead atoms. The normalized spacial score (nSPS) is 13.7. The van der Waals surface area contributed by atoms with E-state index >= 15 is 0 Å². The van der Waals surface area contributed by atoms with Crippen molar-refractivity contribution < 1.29 is 17.9 Å². The van der Waals surface area contributed by atoms with E-state index in [-0.39, 0.29) is 18.3 Å². The van der Waals surface area contributed by atoms with Crippen LogP contribution in [0.25, 0.3) is 0 Å². The van der Waals surface area contributed by atoms with Gasteiger partial charge in [0, 0.05) is 12.2 Å². The Hall–Kier alpha value is -2.54. The third-order valence-electron chi connectivity index (χ3n) is 4.70. The molecule has 1 heterocycles. The van der Waals surface area contributed by atoms with Crippen LogP contribution in [0.15, 0.2) is 42.5 Å². The van der Waals surface area contributed by atoms with Crippen LogP contribution in [0.5, 0.6) is 5.75 Å². The SMILES string of the molecule is CCCS(=O)(=O)N1CCCc2ccc(NC(=O)COc3ccccc3C)cc21. The maximum atomic E-state index is 12.6. The first-order valence-electron chi connectivity index (χ1n) is 9.52. The minimum atomic E-state index is -3.35. The summed E-state index contributed by atoms with van der Waals surface area (Å²) in [6.07, 6.45) is 2.20. The van der Waals surface area contributed by atoms with Crippen LogP contribution in [0.1, 0.15) is 30.9 Å². The molecule has 0 fully saturated rings. The molecule has 3 rings (SSSR count). The number of aryl methyl sites for hydroxylation is 2. The third kappa shape index (κ3) is 4.65. The van der Waals surface area contributed by atoms with Crippen molar-refractivity contribution in [3.8, 4) is 5.75 Å². The van der Waals surface area contributed by atoms with Gasteiger partial charge in [0.25, 0.3) is 5.91 Å². The largest absolute Gasteiger partial charge is 0.483 e. The number of carbonyl (C=O) groups is 1. The Balaban J connectivity index is 1.72. The lowest BCUT2D eigenvalue weighted by Gasteiger charge is -2.31. The molecule has 150 valence electrons. The van der Waals surface area contributed by atoms with Gasteiger partial charge >= 0.3 is 0 Å². The van der Waals surface area contributed by atoms with Crippen molar-refractivity contribution in [2.24, 2.45) is 0 Å². The van der Waals surface area contributed by atoms with Crippen LogP contribution in [0, 0.1) is 6.92 Å². The molecule has 0 atom stereocenters. The average Bonchev–Trinajstić information content (AvgIpc) is 2.66. The Morgan fingerprint density at radius 1 is 1.21 bits per heavy atom. The van der Waals surface area contributed by atoms with Gasteiger partial charge in [0.2, 0.25) is 10.0 Å². The van der Waals surface area contributed by atoms with Crippen molar-refractivity contribution in [1.82, 2.24) is 0 Å². The predicted octanol–water partition coefficient (Wildman–Crippen LogP) is 3.50. The van der Waals surface area contributed by atoms with Crippen LogP contribution in [0.4, 0.5) is 11.4 Å². The van der Waals surface area contributed by atoms with E-state index in [9.17, 15) is 13.2 Å². The van der Waals surface area contributed by atoms with E-state index in [0.717, 1.165) is 24.0 Å². The highest BCUT2D eigenvalue weighted by Gasteiger charge is 2.27. The van der Waals surface area contributed by atoms with E-state index in [1.807, 2.05) is 44.2 Å². The number of nitrogens with zero attached hydrogens (tertiary/aromatic N) is 1. The van der Waals surface area contributed by atoms with Gasteiger partial charge in [-0.1, -0.05) is 31.2 Å². The molecule has 6 nitrogen and oxygen atoms in total. The standard InChI is InChI=1S/C21H26N2O4S/c1-3-13-28(25,26)23-12-6-8-17-10-11-18(14-19(17)23)22-21(24)15-27-20-9-5-4-7-16(20)2/h4-5,7,9-11,14H,3,6,8,12-13,15H2,1-2H3,(H,22,24). The molecule has 2 aromatic rings. The van der Waals surface area contributed by atoms with Crippen LogP contribution in [-0.4, -0.2) is 33.2 Å². The summed E-state index contributed by atoms with van der Waals surface area (Å²) in [5, 5.41) is 2.80. The Bertz CT molecular complexity index is 957. The zero-order chi connectivity index (χ0) is 20.1. The van der Waals surface area contributed by atoms with Gasteiger partial charge in [-0.15, -0.1) is 0 Å². The molecule has 0 aromatic heterocycles. The molecule has 1 amide bonds. The molecule has 2 aromatic carbocycles. The summed E-state index contributed by atoms with van der Waals surface area (Å²) in [7, 11) is -3.35. The first-order valence-corrected chi connectivity index (χ1v) is 11.1. The second-order valence-corrected chi connectivity index (χ2v) is 8.95. The van der Waals surface area contributed by atoms with Gasteiger partial charge in [-0.25, -0.2) is 8.42 Å². The lowest BCUT2D eigenvalue weighted by Crippen LogP contribution is -2.37. The number of nitrogens with one attached hydrogen (secondary N) is 1. The first-order chi connectivity index (χ1) is 13.4. The highest BCUT2D eigenvalue weighted by molar-refractivity contribution is 7.92. The molecular weight excluding hydrogens is 376 g/mol. The van der Waals surface area contributed by atoms with Crippen molar-refractivity contribution in [2.75, 3.05) is 28.5 Å². The molecule has 1 N–H and O–H groups in total. The Morgan fingerprint density at radius 2 is 2.00 bits per heavy atom. The summed E-state index contributed by atoms with van der Waals surface area (Å²) in [6.45, 7) is 4.14. The molecule has 0 aliphatic carbocycles. The van der Waals surface area contributed by atoms with E-state index in [4.69, 9.17) is 4.74 Å².